The number of benzene rings is 2. The van der Waals surface area contributed by atoms with Crippen molar-refractivity contribution < 1.29 is 13.9 Å². The van der Waals surface area contributed by atoms with Gasteiger partial charge in [-0.3, -0.25) is 4.98 Å². The normalized spacial score (nSPS) is 10.9. The number of nitrogens with two attached hydrogens (primary N) is 1. The molecule has 0 saturated heterocycles. The van der Waals surface area contributed by atoms with Crippen molar-refractivity contribution in [3.8, 4) is 22.6 Å². The zero-order valence-corrected chi connectivity index (χ0v) is 15.8. The molecule has 7 heteroatoms. The van der Waals surface area contributed by atoms with E-state index in [-0.39, 0.29) is 5.82 Å². The fourth-order valence-electron chi connectivity index (χ4n) is 3.26. The number of fused-ring (bicyclic) bond motifs is 1. The van der Waals surface area contributed by atoms with Crippen LogP contribution in [0.2, 0.25) is 0 Å². The molecule has 0 unspecified atom stereocenters. The number of nitrogens with zero attached hydrogens (tertiary/aromatic N) is 3. The highest BCUT2D eigenvalue weighted by atomic mass is 19.1. The molecule has 0 bridgehead atoms. The topological polar surface area (TPSA) is 91.0 Å². The van der Waals surface area contributed by atoms with Gasteiger partial charge < -0.3 is 10.5 Å². The van der Waals surface area contributed by atoms with Gasteiger partial charge in [0.2, 0.25) is 0 Å². The Labute approximate surface area is 166 Å². The Balaban J connectivity index is 1.90. The quantitative estimate of drug-likeness (QED) is 0.418. The Morgan fingerprint density at radius 2 is 1.83 bits per heavy atom. The molecule has 2 N–H and O–H groups in total. The number of aromatic nitrogens is 3. The van der Waals surface area contributed by atoms with E-state index in [0.717, 1.165) is 0 Å². The van der Waals surface area contributed by atoms with Crippen molar-refractivity contribution in [2.75, 3.05) is 12.8 Å². The van der Waals surface area contributed by atoms with Crippen molar-refractivity contribution in [3.63, 3.8) is 0 Å². The molecule has 2 heterocycles. The number of carbonyl (C=O) groups is 1. The number of esters is 1. The van der Waals surface area contributed by atoms with Crippen LogP contribution in [-0.2, 0) is 4.74 Å². The third-order valence-corrected chi connectivity index (χ3v) is 4.66. The van der Waals surface area contributed by atoms with Gasteiger partial charge in [-0.2, -0.15) is 0 Å². The van der Waals surface area contributed by atoms with Crippen LogP contribution in [0.3, 0.4) is 0 Å². The standard InChI is InChI=1S/C22H17FN4O2/c1-12-18-17(27-21(26-12)13-5-7-14(23)8-6-13)10-9-15(19(18)24)20-16(22(28)29-2)4-3-11-25-20/h3-11H,24H2,1-2H3. The average molecular weight is 388 g/mol. The number of ether oxygens (including phenoxy) is 1. The maximum atomic E-state index is 13.2. The van der Waals surface area contributed by atoms with E-state index < -0.39 is 5.97 Å². The lowest BCUT2D eigenvalue weighted by Crippen LogP contribution is -2.06. The number of hydrogen-bond donors (Lipinski definition) is 1. The predicted molar refractivity (Wildman–Crippen MR) is 109 cm³/mol. The van der Waals surface area contributed by atoms with Crippen molar-refractivity contribution in [1.29, 1.82) is 0 Å². The van der Waals surface area contributed by atoms with E-state index in [9.17, 15) is 9.18 Å². The average Bonchev–Trinajstić information content (AvgIpc) is 2.73. The summed E-state index contributed by atoms with van der Waals surface area (Å²) in [6, 6.07) is 12.9. The molecule has 0 aliphatic heterocycles. The second-order valence-electron chi connectivity index (χ2n) is 6.45. The largest absolute Gasteiger partial charge is 0.465 e. The van der Waals surface area contributed by atoms with Crippen LogP contribution in [0.4, 0.5) is 10.1 Å². The molecule has 2 aromatic heterocycles. The van der Waals surface area contributed by atoms with E-state index in [1.54, 1.807) is 42.6 Å². The van der Waals surface area contributed by atoms with Gasteiger partial charge in [-0.1, -0.05) is 0 Å². The Kier molecular flexibility index (Phi) is 4.64. The van der Waals surface area contributed by atoms with Gasteiger partial charge in [0, 0.05) is 22.7 Å². The summed E-state index contributed by atoms with van der Waals surface area (Å²) in [5, 5.41) is 0.676. The summed E-state index contributed by atoms with van der Waals surface area (Å²) >= 11 is 0. The van der Waals surface area contributed by atoms with Crippen LogP contribution in [0.5, 0.6) is 0 Å². The van der Waals surface area contributed by atoms with E-state index >= 15 is 0 Å². The third kappa shape index (κ3) is 3.27. The van der Waals surface area contributed by atoms with E-state index in [1.807, 2.05) is 6.92 Å². The third-order valence-electron chi connectivity index (χ3n) is 4.66. The molecule has 0 saturated carbocycles. The van der Waals surface area contributed by atoms with Crippen LogP contribution in [-0.4, -0.2) is 28.0 Å². The summed E-state index contributed by atoms with van der Waals surface area (Å²) in [6.45, 7) is 1.83. The fourth-order valence-corrected chi connectivity index (χ4v) is 3.26. The zero-order valence-electron chi connectivity index (χ0n) is 15.8. The number of hydrogen-bond acceptors (Lipinski definition) is 6. The second-order valence-corrected chi connectivity index (χ2v) is 6.45. The number of anilines is 1. The maximum Gasteiger partial charge on any atom is 0.340 e. The van der Waals surface area contributed by atoms with E-state index in [1.165, 1.54) is 19.2 Å². The smallest absolute Gasteiger partial charge is 0.340 e. The number of aryl methyl sites for hydroxylation is 1. The predicted octanol–water partition coefficient (Wildman–Crippen LogP) is 4.18. The highest BCUT2D eigenvalue weighted by Crippen LogP contribution is 2.35. The Morgan fingerprint density at radius 3 is 2.55 bits per heavy atom. The SMILES string of the molecule is COC(=O)c1cccnc1-c1ccc2nc(-c3ccc(F)cc3)nc(C)c2c1N. The number of halogens is 1. The molecule has 4 aromatic rings. The summed E-state index contributed by atoms with van der Waals surface area (Å²) < 4.78 is 18.1. The van der Waals surface area contributed by atoms with Gasteiger partial charge in [0.25, 0.3) is 0 Å². The van der Waals surface area contributed by atoms with Gasteiger partial charge in [0.1, 0.15) is 5.82 Å². The lowest BCUT2D eigenvalue weighted by atomic mass is 10.00. The first kappa shape index (κ1) is 18.5. The van der Waals surface area contributed by atoms with Crippen LogP contribution in [0.1, 0.15) is 16.1 Å². The molecule has 0 radical (unpaired) electrons. The lowest BCUT2D eigenvalue weighted by molar-refractivity contribution is 0.0601. The van der Waals surface area contributed by atoms with Gasteiger partial charge in [0.05, 0.1) is 35.3 Å². The molecule has 0 fully saturated rings. The van der Waals surface area contributed by atoms with E-state index in [2.05, 4.69) is 15.0 Å². The fraction of sp³-hybridized carbons (Fsp3) is 0.0909. The summed E-state index contributed by atoms with van der Waals surface area (Å²) in [4.78, 5) is 25.6. The van der Waals surface area contributed by atoms with Crippen LogP contribution < -0.4 is 5.73 Å². The van der Waals surface area contributed by atoms with Crippen molar-refractivity contribution in [3.05, 3.63) is 71.8 Å². The first-order valence-electron chi connectivity index (χ1n) is 8.86. The zero-order chi connectivity index (χ0) is 20.5. The van der Waals surface area contributed by atoms with Crippen molar-refractivity contribution in [1.82, 2.24) is 15.0 Å². The Hall–Kier alpha value is -3.87. The minimum absolute atomic E-state index is 0.322. The molecule has 29 heavy (non-hydrogen) atoms. The first-order chi connectivity index (χ1) is 14.0. The number of pyridine rings is 1. The molecule has 0 aliphatic carbocycles. The summed E-state index contributed by atoms with van der Waals surface area (Å²) in [5.74, 6) is -0.334. The molecule has 0 spiro atoms. The monoisotopic (exact) mass is 388 g/mol. The van der Waals surface area contributed by atoms with Crippen LogP contribution in [0.15, 0.2) is 54.7 Å². The first-order valence-corrected chi connectivity index (χ1v) is 8.86. The number of methoxy groups -OCH3 is 1. The van der Waals surface area contributed by atoms with E-state index in [4.69, 9.17) is 10.5 Å². The summed E-state index contributed by atoms with van der Waals surface area (Å²) in [6.07, 6.45) is 1.59. The molecule has 0 aliphatic rings. The Morgan fingerprint density at radius 1 is 1.07 bits per heavy atom. The highest BCUT2D eigenvalue weighted by Gasteiger charge is 2.19. The van der Waals surface area contributed by atoms with Crippen LogP contribution in [0.25, 0.3) is 33.5 Å². The van der Waals surface area contributed by atoms with Gasteiger partial charge in [0.15, 0.2) is 5.82 Å². The second kappa shape index (κ2) is 7.27. The van der Waals surface area contributed by atoms with Crippen molar-refractivity contribution in [2.45, 2.75) is 6.92 Å². The number of nitrogen functional groups attached to an aromatic ring is 1. The molecule has 0 amide bonds. The minimum atomic E-state index is -0.493. The molecule has 2 aromatic carbocycles. The summed E-state index contributed by atoms with van der Waals surface area (Å²) in [5.41, 5.74) is 10.2. The van der Waals surface area contributed by atoms with Gasteiger partial charge in [-0.05, 0) is 55.5 Å². The molecular weight excluding hydrogens is 371 g/mol. The maximum absolute atomic E-state index is 13.2. The molecule has 0 atom stereocenters. The highest BCUT2D eigenvalue weighted by molar-refractivity contribution is 6.04. The van der Waals surface area contributed by atoms with Gasteiger partial charge in [-0.25, -0.2) is 19.2 Å². The summed E-state index contributed by atoms with van der Waals surface area (Å²) in [7, 11) is 1.32. The van der Waals surface area contributed by atoms with Crippen molar-refractivity contribution >= 4 is 22.6 Å². The van der Waals surface area contributed by atoms with Crippen molar-refractivity contribution in [2.24, 2.45) is 0 Å². The van der Waals surface area contributed by atoms with Crippen LogP contribution >= 0.6 is 0 Å². The lowest BCUT2D eigenvalue weighted by Gasteiger charge is -2.13. The Bertz CT molecular complexity index is 1240. The molecular formula is C22H17FN4O2. The number of rotatable bonds is 3. The molecule has 144 valence electrons. The minimum Gasteiger partial charge on any atom is -0.465 e. The molecule has 6 nitrogen and oxygen atoms in total. The van der Waals surface area contributed by atoms with E-state index in [0.29, 0.717) is 50.5 Å². The van der Waals surface area contributed by atoms with Gasteiger partial charge >= 0.3 is 5.97 Å². The van der Waals surface area contributed by atoms with Crippen LogP contribution in [0, 0.1) is 12.7 Å². The molecule has 4 rings (SSSR count). The number of carbonyl (C=O) groups excluding carboxylic acids is 1. The van der Waals surface area contributed by atoms with Gasteiger partial charge in [-0.15, -0.1) is 0 Å².